The molecule has 2 heterocycles. The van der Waals surface area contributed by atoms with Crippen LogP contribution in [0, 0.1) is 5.92 Å². The average Bonchev–Trinajstić information content (AvgIpc) is 3.05. The van der Waals surface area contributed by atoms with Crippen molar-refractivity contribution in [1.29, 1.82) is 0 Å². The predicted molar refractivity (Wildman–Crippen MR) is 81.0 cm³/mol. The summed E-state index contributed by atoms with van der Waals surface area (Å²) in [5.74, 6) is 2.85. The molecule has 21 heavy (non-hydrogen) atoms. The van der Waals surface area contributed by atoms with Crippen LogP contribution in [0.2, 0.25) is 0 Å². The van der Waals surface area contributed by atoms with Crippen LogP contribution in [0.5, 0.6) is 0 Å². The van der Waals surface area contributed by atoms with Gasteiger partial charge in [-0.15, -0.1) is 0 Å². The standard InChI is InChI=1S/C18H17NO2/c1-11-9-15(11)16-5-6-17(21-16)18(20)14-4-2-3-12-10-19-8-7-13(12)14/h2-8,10-11,15,18,20H,9H2,1H3. The Morgan fingerprint density at radius 3 is 2.90 bits per heavy atom. The van der Waals surface area contributed by atoms with Gasteiger partial charge in [0.05, 0.1) is 0 Å². The second kappa shape index (κ2) is 4.71. The molecule has 1 N–H and O–H groups in total. The van der Waals surface area contributed by atoms with E-state index in [1.165, 1.54) is 6.42 Å². The lowest BCUT2D eigenvalue weighted by molar-refractivity contribution is 0.188. The van der Waals surface area contributed by atoms with Crippen LogP contribution in [0.4, 0.5) is 0 Å². The van der Waals surface area contributed by atoms with Gasteiger partial charge in [0.1, 0.15) is 17.6 Å². The van der Waals surface area contributed by atoms with Crippen molar-refractivity contribution < 1.29 is 9.52 Å². The van der Waals surface area contributed by atoms with Crippen molar-refractivity contribution in [3.63, 3.8) is 0 Å². The van der Waals surface area contributed by atoms with Crippen LogP contribution in [0.3, 0.4) is 0 Å². The Bertz CT molecular complexity index is 787. The number of rotatable bonds is 3. The molecule has 2 aromatic heterocycles. The van der Waals surface area contributed by atoms with Gasteiger partial charge < -0.3 is 9.52 Å². The van der Waals surface area contributed by atoms with Crippen LogP contribution in [0.15, 0.2) is 53.2 Å². The molecule has 1 aliphatic carbocycles. The highest BCUT2D eigenvalue weighted by molar-refractivity contribution is 5.85. The van der Waals surface area contributed by atoms with Crippen molar-refractivity contribution in [1.82, 2.24) is 4.98 Å². The third-order valence-corrected chi connectivity index (χ3v) is 4.40. The summed E-state index contributed by atoms with van der Waals surface area (Å²) in [6, 6.07) is 11.7. The number of aromatic nitrogens is 1. The van der Waals surface area contributed by atoms with Gasteiger partial charge in [-0.25, -0.2) is 0 Å². The molecule has 3 heteroatoms. The first-order chi connectivity index (χ1) is 10.2. The van der Waals surface area contributed by atoms with E-state index in [9.17, 15) is 5.11 Å². The molecule has 0 bridgehead atoms. The molecule has 0 amide bonds. The van der Waals surface area contributed by atoms with E-state index in [1.807, 2.05) is 42.6 Å². The number of pyridine rings is 1. The van der Waals surface area contributed by atoms with Crippen molar-refractivity contribution in [3.8, 4) is 0 Å². The van der Waals surface area contributed by atoms with Gasteiger partial charge in [-0.2, -0.15) is 0 Å². The second-order valence-electron chi connectivity index (χ2n) is 5.91. The van der Waals surface area contributed by atoms with E-state index in [0.717, 1.165) is 22.1 Å². The summed E-state index contributed by atoms with van der Waals surface area (Å²) >= 11 is 0. The van der Waals surface area contributed by atoms with Gasteiger partial charge in [-0.05, 0) is 41.5 Å². The van der Waals surface area contributed by atoms with Crippen molar-refractivity contribution in [2.24, 2.45) is 5.92 Å². The van der Waals surface area contributed by atoms with Crippen LogP contribution in [-0.4, -0.2) is 10.1 Å². The van der Waals surface area contributed by atoms with E-state index in [4.69, 9.17) is 4.42 Å². The fourth-order valence-electron chi connectivity index (χ4n) is 2.97. The zero-order valence-electron chi connectivity index (χ0n) is 11.9. The number of nitrogens with zero attached hydrogens (tertiary/aromatic N) is 1. The minimum absolute atomic E-state index is 0.530. The van der Waals surface area contributed by atoms with Crippen LogP contribution in [-0.2, 0) is 0 Å². The third kappa shape index (κ3) is 2.14. The average molecular weight is 279 g/mol. The molecule has 0 radical (unpaired) electrons. The molecule has 0 saturated heterocycles. The lowest BCUT2D eigenvalue weighted by Crippen LogP contribution is -1.99. The van der Waals surface area contributed by atoms with Crippen molar-refractivity contribution >= 4 is 10.8 Å². The van der Waals surface area contributed by atoms with Gasteiger partial charge in [0, 0.05) is 23.7 Å². The number of hydrogen-bond acceptors (Lipinski definition) is 3. The SMILES string of the molecule is CC1CC1c1ccc(C(O)c2cccc3cnccc23)o1. The zero-order valence-corrected chi connectivity index (χ0v) is 11.9. The van der Waals surface area contributed by atoms with Gasteiger partial charge in [-0.1, -0.05) is 25.1 Å². The zero-order chi connectivity index (χ0) is 14.4. The molecular formula is C18H17NO2. The van der Waals surface area contributed by atoms with E-state index in [-0.39, 0.29) is 0 Å². The van der Waals surface area contributed by atoms with Gasteiger partial charge in [0.2, 0.25) is 0 Å². The molecule has 1 saturated carbocycles. The van der Waals surface area contributed by atoms with Gasteiger partial charge in [0.15, 0.2) is 0 Å². The van der Waals surface area contributed by atoms with Crippen LogP contribution in [0.25, 0.3) is 10.8 Å². The van der Waals surface area contributed by atoms with Crippen molar-refractivity contribution in [2.75, 3.05) is 0 Å². The lowest BCUT2D eigenvalue weighted by Gasteiger charge is -2.11. The molecular weight excluding hydrogens is 262 g/mol. The fraction of sp³-hybridized carbons (Fsp3) is 0.278. The summed E-state index contributed by atoms with van der Waals surface area (Å²) in [5.41, 5.74) is 0.861. The summed E-state index contributed by atoms with van der Waals surface area (Å²) in [6.45, 7) is 2.22. The quantitative estimate of drug-likeness (QED) is 0.787. The maximum Gasteiger partial charge on any atom is 0.137 e. The number of furan rings is 1. The molecule has 0 spiro atoms. The molecule has 1 aliphatic rings. The van der Waals surface area contributed by atoms with Gasteiger partial charge in [-0.3, -0.25) is 4.98 Å². The maximum absolute atomic E-state index is 10.7. The normalized spacial score (nSPS) is 22.4. The van der Waals surface area contributed by atoms with Gasteiger partial charge >= 0.3 is 0 Å². The summed E-state index contributed by atoms with van der Waals surface area (Å²) in [4.78, 5) is 4.12. The van der Waals surface area contributed by atoms with E-state index in [1.54, 1.807) is 6.20 Å². The Kier molecular flexibility index (Phi) is 2.82. The van der Waals surface area contributed by atoms with Crippen LogP contribution < -0.4 is 0 Å². The Morgan fingerprint density at radius 2 is 2.10 bits per heavy atom. The van der Waals surface area contributed by atoms with E-state index in [0.29, 0.717) is 17.6 Å². The number of benzene rings is 1. The summed E-state index contributed by atoms with van der Waals surface area (Å²) in [5, 5.41) is 12.7. The molecule has 106 valence electrons. The molecule has 3 aromatic rings. The van der Waals surface area contributed by atoms with E-state index in [2.05, 4.69) is 11.9 Å². The molecule has 3 atom stereocenters. The van der Waals surface area contributed by atoms with Crippen LogP contribution in [0.1, 0.15) is 42.5 Å². The summed E-state index contributed by atoms with van der Waals surface area (Å²) in [7, 11) is 0. The Balaban J connectivity index is 1.72. The first kappa shape index (κ1) is 12.6. The molecule has 1 aromatic carbocycles. The number of fused-ring (bicyclic) bond motifs is 1. The third-order valence-electron chi connectivity index (χ3n) is 4.40. The fourth-order valence-corrected chi connectivity index (χ4v) is 2.97. The smallest absolute Gasteiger partial charge is 0.137 e. The number of aliphatic hydroxyl groups excluding tert-OH is 1. The highest BCUT2D eigenvalue weighted by atomic mass is 16.4. The Morgan fingerprint density at radius 1 is 1.24 bits per heavy atom. The monoisotopic (exact) mass is 279 g/mol. The predicted octanol–water partition coefficient (Wildman–Crippen LogP) is 4.03. The van der Waals surface area contributed by atoms with E-state index < -0.39 is 6.10 Å². The maximum atomic E-state index is 10.7. The second-order valence-corrected chi connectivity index (χ2v) is 5.91. The highest BCUT2D eigenvalue weighted by Crippen LogP contribution is 2.48. The first-order valence-corrected chi connectivity index (χ1v) is 7.34. The first-order valence-electron chi connectivity index (χ1n) is 7.34. The number of aliphatic hydroxyl groups is 1. The molecule has 4 rings (SSSR count). The minimum Gasteiger partial charge on any atom is -0.463 e. The minimum atomic E-state index is -0.737. The molecule has 3 nitrogen and oxygen atoms in total. The van der Waals surface area contributed by atoms with Crippen molar-refractivity contribution in [2.45, 2.75) is 25.4 Å². The lowest BCUT2D eigenvalue weighted by atomic mass is 10.0. The largest absolute Gasteiger partial charge is 0.463 e. The Labute approximate surface area is 123 Å². The molecule has 0 aliphatic heterocycles. The molecule has 3 unspecified atom stereocenters. The van der Waals surface area contributed by atoms with Crippen molar-refractivity contribution in [3.05, 3.63) is 65.9 Å². The van der Waals surface area contributed by atoms with E-state index >= 15 is 0 Å². The molecule has 1 fully saturated rings. The van der Waals surface area contributed by atoms with Crippen LogP contribution >= 0.6 is 0 Å². The van der Waals surface area contributed by atoms with Gasteiger partial charge in [0.25, 0.3) is 0 Å². The summed E-state index contributed by atoms with van der Waals surface area (Å²) < 4.78 is 5.88. The number of hydrogen-bond donors (Lipinski definition) is 1. The topological polar surface area (TPSA) is 46.3 Å². The Hall–Kier alpha value is -2.13. The summed E-state index contributed by atoms with van der Waals surface area (Å²) in [6.07, 6.45) is 4.00. The highest BCUT2D eigenvalue weighted by Gasteiger charge is 2.37.